The zero-order valence-electron chi connectivity index (χ0n) is 4.54. The van der Waals surface area contributed by atoms with E-state index in [1.807, 2.05) is 0 Å². The molecule has 0 aliphatic carbocycles. The lowest BCUT2D eigenvalue weighted by Gasteiger charge is -1.86. The topological polar surface area (TPSA) is 53.4 Å². The lowest BCUT2D eigenvalue weighted by atomic mass is 10.4. The van der Waals surface area contributed by atoms with Crippen LogP contribution in [-0.2, 0) is 6.54 Å². The fraction of sp³-hybridized carbons (Fsp3) is 0.200. The van der Waals surface area contributed by atoms with Crippen LogP contribution in [0.2, 0.25) is 0 Å². The minimum atomic E-state index is 0.765. The Balaban J connectivity index is 2.83. The Kier molecular flexibility index (Phi) is 1.54. The molecule has 0 fully saturated rings. The maximum Gasteiger partial charge on any atom is 0.115 e. The molecule has 3 N–H and O–H groups in total. The first-order valence-corrected chi connectivity index (χ1v) is 2.46. The summed E-state index contributed by atoms with van der Waals surface area (Å²) in [5.74, 6) is 0. The van der Waals surface area contributed by atoms with Crippen molar-refractivity contribution in [3.05, 3.63) is 24.3 Å². The Labute approximate surface area is 47.6 Å². The molecule has 0 aliphatic rings. The zero-order valence-corrected chi connectivity index (χ0v) is 4.54. The number of nitrogens with zero attached hydrogens (tertiary/aromatic N) is 2. The number of aromatic nitrogens is 2. The second-order valence-corrected chi connectivity index (χ2v) is 1.50. The van der Waals surface area contributed by atoms with Gasteiger partial charge in [-0.1, -0.05) is 0 Å². The Hall–Kier alpha value is -0.960. The maximum atomic E-state index is 3.80. The number of quaternary nitrogens is 1. The fourth-order valence-corrected chi connectivity index (χ4v) is 0.459. The van der Waals surface area contributed by atoms with E-state index in [1.54, 1.807) is 12.4 Å². The highest BCUT2D eigenvalue weighted by Crippen LogP contribution is 1.85. The van der Waals surface area contributed by atoms with Crippen LogP contribution in [0.4, 0.5) is 0 Å². The molecular weight excluding hydrogens is 102 g/mol. The molecule has 1 aromatic rings. The van der Waals surface area contributed by atoms with Crippen molar-refractivity contribution in [2.75, 3.05) is 0 Å². The van der Waals surface area contributed by atoms with Crippen molar-refractivity contribution < 1.29 is 5.73 Å². The van der Waals surface area contributed by atoms with Crippen molar-refractivity contribution in [2.24, 2.45) is 0 Å². The Morgan fingerprint density at radius 1 is 1.38 bits per heavy atom. The Bertz CT molecular complexity index is 149. The second-order valence-electron chi connectivity index (χ2n) is 1.50. The molecule has 0 unspecified atom stereocenters. The summed E-state index contributed by atoms with van der Waals surface area (Å²) in [7, 11) is 0. The largest absolute Gasteiger partial charge is 0.354 e. The molecule has 1 rings (SSSR count). The van der Waals surface area contributed by atoms with Gasteiger partial charge in [0, 0.05) is 18.0 Å². The highest BCUT2D eigenvalue weighted by molar-refractivity contribution is 4.98. The van der Waals surface area contributed by atoms with E-state index in [9.17, 15) is 0 Å². The van der Waals surface area contributed by atoms with Gasteiger partial charge in [-0.25, -0.2) is 9.97 Å². The van der Waals surface area contributed by atoms with Crippen molar-refractivity contribution in [2.45, 2.75) is 6.54 Å². The normalized spacial score (nSPS) is 9.12. The third kappa shape index (κ3) is 1.01. The van der Waals surface area contributed by atoms with E-state index < -0.39 is 0 Å². The van der Waals surface area contributed by atoms with E-state index >= 15 is 0 Å². The summed E-state index contributed by atoms with van der Waals surface area (Å²) in [6.07, 6.45) is 5.04. The highest BCUT2D eigenvalue weighted by Gasteiger charge is 1.85. The minimum absolute atomic E-state index is 0.765. The average molecular weight is 110 g/mol. The summed E-state index contributed by atoms with van der Waals surface area (Å²) in [5.41, 5.74) is 4.75. The molecule has 0 bridgehead atoms. The first-order chi connectivity index (χ1) is 3.93. The average Bonchev–Trinajstić information content (AvgIpc) is 1.90. The molecular formula is C5H8N3+. The summed E-state index contributed by atoms with van der Waals surface area (Å²) < 4.78 is 0. The van der Waals surface area contributed by atoms with Crippen LogP contribution < -0.4 is 5.73 Å². The number of rotatable bonds is 1. The molecule has 0 amide bonds. The number of hydrogen-bond acceptors (Lipinski definition) is 2. The predicted octanol–water partition coefficient (Wildman–Crippen LogP) is -0.781. The molecule has 0 spiro atoms. The van der Waals surface area contributed by atoms with E-state index in [-0.39, 0.29) is 0 Å². The van der Waals surface area contributed by atoms with E-state index in [0.29, 0.717) is 0 Å². The van der Waals surface area contributed by atoms with Crippen molar-refractivity contribution >= 4 is 0 Å². The van der Waals surface area contributed by atoms with Gasteiger partial charge in [0.15, 0.2) is 0 Å². The van der Waals surface area contributed by atoms with Gasteiger partial charge in [-0.05, 0) is 0 Å². The van der Waals surface area contributed by atoms with Gasteiger partial charge in [0.25, 0.3) is 0 Å². The molecule has 0 aromatic carbocycles. The van der Waals surface area contributed by atoms with Gasteiger partial charge in [0.05, 0.1) is 0 Å². The van der Waals surface area contributed by atoms with Gasteiger partial charge in [0.1, 0.15) is 12.9 Å². The quantitative estimate of drug-likeness (QED) is 0.515. The molecule has 0 aliphatic heterocycles. The van der Waals surface area contributed by atoms with Gasteiger partial charge >= 0.3 is 0 Å². The summed E-state index contributed by atoms with van der Waals surface area (Å²) in [6.45, 7) is 0.765. The molecule has 0 radical (unpaired) electrons. The Morgan fingerprint density at radius 2 is 2.00 bits per heavy atom. The highest BCUT2D eigenvalue weighted by atomic mass is 14.8. The molecule has 3 nitrogen and oxygen atoms in total. The van der Waals surface area contributed by atoms with Crippen molar-refractivity contribution in [1.82, 2.24) is 9.97 Å². The Morgan fingerprint density at radius 3 is 2.38 bits per heavy atom. The molecule has 3 heteroatoms. The van der Waals surface area contributed by atoms with Gasteiger partial charge in [0.2, 0.25) is 0 Å². The fourth-order valence-electron chi connectivity index (χ4n) is 0.459. The van der Waals surface area contributed by atoms with E-state index in [0.717, 1.165) is 12.1 Å². The molecule has 0 saturated carbocycles. The van der Waals surface area contributed by atoms with E-state index in [1.165, 1.54) is 6.33 Å². The molecule has 8 heavy (non-hydrogen) atoms. The van der Waals surface area contributed by atoms with Gasteiger partial charge < -0.3 is 5.73 Å². The van der Waals surface area contributed by atoms with Crippen molar-refractivity contribution in [3.8, 4) is 0 Å². The van der Waals surface area contributed by atoms with Crippen LogP contribution in [0.5, 0.6) is 0 Å². The van der Waals surface area contributed by atoms with Gasteiger partial charge in [-0.15, -0.1) is 0 Å². The molecule has 0 saturated heterocycles. The summed E-state index contributed by atoms with van der Waals surface area (Å²) in [6, 6.07) is 0. The maximum absolute atomic E-state index is 3.80. The van der Waals surface area contributed by atoms with E-state index in [4.69, 9.17) is 0 Å². The minimum Gasteiger partial charge on any atom is -0.354 e. The van der Waals surface area contributed by atoms with Crippen LogP contribution in [0.15, 0.2) is 18.7 Å². The second kappa shape index (κ2) is 2.37. The number of hydrogen-bond donors (Lipinski definition) is 1. The first-order valence-electron chi connectivity index (χ1n) is 2.46. The van der Waals surface area contributed by atoms with Crippen LogP contribution in [0.1, 0.15) is 5.56 Å². The van der Waals surface area contributed by atoms with Gasteiger partial charge in [-0.2, -0.15) is 0 Å². The SMILES string of the molecule is [NH3+]Cc1cncnc1. The lowest BCUT2D eigenvalue weighted by Crippen LogP contribution is -2.47. The monoisotopic (exact) mass is 110 g/mol. The van der Waals surface area contributed by atoms with Crippen LogP contribution in [0, 0.1) is 0 Å². The third-order valence-corrected chi connectivity index (χ3v) is 0.903. The predicted molar refractivity (Wildman–Crippen MR) is 28.6 cm³/mol. The summed E-state index contributed by atoms with van der Waals surface area (Å²) in [4.78, 5) is 7.61. The smallest absolute Gasteiger partial charge is 0.115 e. The molecule has 0 atom stereocenters. The van der Waals surface area contributed by atoms with Crippen LogP contribution in [0.3, 0.4) is 0 Å². The van der Waals surface area contributed by atoms with Crippen molar-refractivity contribution in [1.29, 1.82) is 0 Å². The summed E-state index contributed by atoms with van der Waals surface area (Å²) >= 11 is 0. The first kappa shape index (κ1) is 5.18. The van der Waals surface area contributed by atoms with Gasteiger partial charge in [-0.3, -0.25) is 0 Å². The third-order valence-electron chi connectivity index (χ3n) is 0.903. The summed E-state index contributed by atoms with van der Waals surface area (Å²) in [5, 5.41) is 0. The van der Waals surface area contributed by atoms with Crippen molar-refractivity contribution in [3.63, 3.8) is 0 Å². The van der Waals surface area contributed by atoms with Crippen LogP contribution >= 0.6 is 0 Å². The standard InChI is InChI=1S/C5H7N3/c6-1-5-2-7-4-8-3-5/h2-4H,1,6H2/p+1. The lowest BCUT2D eigenvalue weighted by molar-refractivity contribution is -0.386. The van der Waals surface area contributed by atoms with Crippen LogP contribution in [-0.4, -0.2) is 9.97 Å². The molecule has 1 heterocycles. The van der Waals surface area contributed by atoms with E-state index in [2.05, 4.69) is 15.7 Å². The van der Waals surface area contributed by atoms with Crippen LogP contribution in [0.25, 0.3) is 0 Å². The molecule has 1 aromatic heterocycles. The zero-order chi connectivity index (χ0) is 5.82. The molecule has 42 valence electrons.